The monoisotopic (exact) mass is 342 g/mol. The van der Waals surface area contributed by atoms with Crippen LogP contribution in [0.5, 0.6) is 0 Å². The number of aromatic nitrogens is 2. The van der Waals surface area contributed by atoms with Crippen molar-refractivity contribution in [1.82, 2.24) is 9.36 Å². The van der Waals surface area contributed by atoms with E-state index >= 15 is 0 Å². The number of methoxy groups -OCH3 is 1. The first-order chi connectivity index (χ1) is 10.8. The molecule has 0 saturated carbocycles. The average Bonchev–Trinajstić information content (AvgIpc) is 2.88. The van der Waals surface area contributed by atoms with E-state index in [1.54, 1.807) is 20.8 Å². The van der Waals surface area contributed by atoms with Crippen LogP contribution >= 0.6 is 11.5 Å². The van der Waals surface area contributed by atoms with Gasteiger partial charge in [0.05, 0.1) is 7.11 Å². The molecule has 1 aromatic heterocycles. The number of hydrogen-bond acceptors (Lipinski definition) is 9. The molecule has 0 aromatic carbocycles. The van der Waals surface area contributed by atoms with E-state index in [9.17, 15) is 9.59 Å². The maximum absolute atomic E-state index is 11.7. The number of rotatable bonds is 6. The summed E-state index contributed by atoms with van der Waals surface area (Å²) in [5, 5.41) is 6.18. The normalized spacial score (nSPS) is 11.6. The molecule has 0 aliphatic heterocycles. The van der Waals surface area contributed by atoms with Gasteiger partial charge in [-0.3, -0.25) is 5.32 Å². The maximum Gasteiger partial charge on any atom is 0.414 e. The number of nitrogens with one attached hydrogen (secondary N) is 1. The number of hydrogen-bond donors (Lipinski definition) is 1. The zero-order valence-electron chi connectivity index (χ0n) is 13.3. The molecule has 10 heteroatoms. The first kappa shape index (κ1) is 18.6. The molecule has 0 fully saturated rings. The molecule has 1 rings (SSSR count). The van der Waals surface area contributed by atoms with Crippen LogP contribution in [0.1, 0.15) is 26.6 Å². The van der Waals surface area contributed by atoms with Gasteiger partial charge in [-0.1, -0.05) is 17.8 Å². The van der Waals surface area contributed by atoms with Gasteiger partial charge in [0, 0.05) is 11.5 Å². The minimum absolute atomic E-state index is 0.0306. The molecule has 0 spiro atoms. The highest BCUT2D eigenvalue weighted by Crippen LogP contribution is 2.15. The second-order valence-electron chi connectivity index (χ2n) is 5.07. The van der Waals surface area contributed by atoms with E-state index in [1.165, 1.54) is 13.2 Å². The summed E-state index contributed by atoms with van der Waals surface area (Å²) in [5.74, 6) is -0.798. The molecule has 0 aliphatic rings. The van der Waals surface area contributed by atoms with Crippen molar-refractivity contribution >= 4 is 34.4 Å². The predicted molar refractivity (Wildman–Crippen MR) is 84.5 cm³/mol. The molecule has 0 bridgehead atoms. The van der Waals surface area contributed by atoms with Crippen molar-refractivity contribution in [3.63, 3.8) is 0 Å². The molecule has 0 saturated heterocycles. The lowest BCUT2D eigenvalue weighted by Gasteiger charge is -2.18. The van der Waals surface area contributed by atoms with Gasteiger partial charge in [-0.25, -0.2) is 9.59 Å². The zero-order chi connectivity index (χ0) is 17.5. The minimum Gasteiger partial charge on any atom is -0.464 e. The smallest absolute Gasteiger partial charge is 0.414 e. The van der Waals surface area contributed by atoms with E-state index < -0.39 is 17.7 Å². The van der Waals surface area contributed by atoms with Crippen LogP contribution in [0.15, 0.2) is 17.8 Å². The van der Waals surface area contributed by atoms with Gasteiger partial charge >= 0.3 is 12.1 Å². The zero-order valence-corrected chi connectivity index (χ0v) is 14.1. The Morgan fingerprint density at radius 3 is 2.70 bits per heavy atom. The van der Waals surface area contributed by atoms with Crippen molar-refractivity contribution in [3.8, 4) is 0 Å². The lowest BCUT2D eigenvalue weighted by molar-refractivity contribution is -0.132. The highest BCUT2D eigenvalue weighted by molar-refractivity contribution is 7.10. The van der Waals surface area contributed by atoms with Crippen LogP contribution in [0.2, 0.25) is 0 Å². The molecular weight excluding hydrogens is 324 g/mol. The van der Waals surface area contributed by atoms with Crippen LogP contribution in [-0.4, -0.2) is 46.4 Å². The van der Waals surface area contributed by atoms with Gasteiger partial charge < -0.3 is 14.3 Å². The van der Waals surface area contributed by atoms with E-state index in [-0.39, 0.29) is 23.3 Å². The molecule has 0 atom stereocenters. The third-order valence-electron chi connectivity index (χ3n) is 1.97. The second kappa shape index (κ2) is 8.22. The predicted octanol–water partition coefficient (Wildman–Crippen LogP) is 1.96. The lowest BCUT2D eigenvalue weighted by atomic mass is 10.2. The summed E-state index contributed by atoms with van der Waals surface area (Å²) in [6.07, 6.45) is 0.780. The number of anilines is 1. The number of oxime groups is 1. The summed E-state index contributed by atoms with van der Waals surface area (Å²) in [6, 6.07) is 0. The van der Waals surface area contributed by atoms with Gasteiger partial charge in [-0.05, 0) is 20.8 Å². The van der Waals surface area contributed by atoms with Gasteiger partial charge in [0.1, 0.15) is 12.2 Å². The molecule has 1 amide bonds. The Balaban J connectivity index is 2.86. The van der Waals surface area contributed by atoms with Crippen molar-refractivity contribution < 1.29 is 23.9 Å². The number of nitrogens with zero attached hydrogens (tertiary/aromatic N) is 3. The first-order valence-corrected chi connectivity index (χ1v) is 7.27. The molecule has 1 N–H and O–H groups in total. The Bertz CT molecular complexity index is 606. The van der Waals surface area contributed by atoms with Crippen LogP contribution in [-0.2, 0) is 19.1 Å². The van der Waals surface area contributed by atoms with Crippen molar-refractivity contribution in [3.05, 3.63) is 18.5 Å². The largest absolute Gasteiger partial charge is 0.464 e. The minimum atomic E-state index is -0.768. The number of esters is 1. The summed E-state index contributed by atoms with van der Waals surface area (Å²) >= 11 is 0.862. The Hall–Kier alpha value is -2.49. The van der Waals surface area contributed by atoms with Crippen molar-refractivity contribution in [2.75, 3.05) is 19.0 Å². The molecule has 9 nitrogen and oxygen atoms in total. The standard InChI is InChI=1S/C13H18N4O5S/c1-6-7-21-16-8(10(18)20-5)9-14-11(23-17-9)15-12(19)22-13(2,3)4/h6H,1,7H2,2-5H3,(H,14,15,17,19). The Labute approximate surface area is 137 Å². The highest BCUT2D eigenvalue weighted by Gasteiger charge is 2.23. The summed E-state index contributed by atoms with van der Waals surface area (Å²) in [7, 11) is 1.19. The van der Waals surface area contributed by atoms with Crippen molar-refractivity contribution in [1.29, 1.82) is 0 Å². The average molecular weight is 342 g/mol. The summed E-state index contributed by atoms with van der Waals surface area (Å²) < 4.78 is 13.6. The Morgan fingerprint density at radius 1 is 1.43 bits per heavy atom. The van der Waals surface area contributed by atoms with Crippen LogP contribution in [0.3, 0.4) is 0 Å². The molecular formula is C13H18N4O5S. The summed E-state index contributed by atoms with van der Waals surface area (Å²) in [5.41, 5.74) is -0.864. The Kier molecular flexibility index (Phi) is 6.64. The quantitative estimate of drug-likeness (QED) is 0.276. The number of carbonyl (C=O) groups is 2. The molecule has 23 heavy (non-hydrogen) atoms. The van der Waals surface area contributed by atoms with Crippen LogP contribution in [0, 0.1) is 0 Å². The molecule has 0 aliphatic carbocycles. The van der Waals surface area contributed by atoms with E-state index in [2.05, 4.69) is 31.1 Å². The fourth-order valence-corrected chi connectivity index (χ4v) is 1.74. The van der Waals surface area contributed by atoms with Gasteiger partial charge in [0.25, 0.3) is 0 Å². The summed E-state index contributed by atoms with van der Waals surface area (Å²) in [6.45, 7) is 8.76. The van der Waals surface area contributed by atoms with E-state index in [4.69, 9.17) is 9.57 Å². The molecule has 126 valence electrons. The van der Waals surface area contributed by atoms with Gasteiger partial charge in [0.15, 0.2) is 0 Å². The Morgan fingerprint density at radius 2 is 2.13 bits per heavy atom. The summed E-state index contributed by atoms with van der Waals surface area (Å²) in [4.78, 5) is 32.2. The lowest BCUT2D eigenvalue weighted by Crippen LogP contribution is -2.27. The number of ether oxygens (including phenoxy) is 2. The third-order valence-corrected chi connectivity index (χ3v) is 2.60. The van der Waals surface area contributed by atoms with Crippen LogP contribution in [0.4, 0.5) is 9.93 Å². The number of carbonyl (C=O) groups excluding carboxylic acids is 2. The second-order valence-corrected chi connectivity index (χ2v) is 5.82. The van der Waals surface area contributed by atoms with Gasteiger partial charge in [0.2, 0.25) is 16.7 Å². The van der Waals surface area contributed by atoms with Crippen molar-refractivity contribution in [2.24, 2.45) is 5.16 Å². The van der Waals surface area contributed by atoms with E-state index in [1.807, 2.05) is 0 Å². The maximum atomic E-state index is 11.7. The van der Waals surface area contributed by atoms with Gasteiger partial charge in [-0.2, -0.15) is 9.36 Å². The van der Waals surface area contributed by atoms with E-state index in [0.29, 0.717) is 0 Å². The SMILES string of the molecule is C=CCON=C(C(=O)OC)c1nsc(NC(=O)OC(C)(C)C)n1. The first-order valence-electron chi connectivity index (χ1n) is 6.50. The number of amides is 1. The highest BCUT2D eigenvalue weighted by atomic mass is 32.1. The van der Waals surface area contributed by atoms with Crippen molar-refractivity contribution in [2.45, 2.75) is 26.4 Å². The van der Waals surface area contributed by atoms with Crippen LogP contribution < -0.4 is 5.32 Å². The third kappa shape index (κ3) is 6.43. The molecule has 0 radical (unpaired) electrons. The molecule has 0 unspecified atom stereocenters. The van der Waals surface area contributed by atoms with Crippen LogP contribution in [0.25, 0.3) is 0 Å². The molecule has 1 aromatic rings. The van der Waals surface area contributed by atoms with Gasteiger partial charge in [-0.15, -0.1) is 0 Å². The fourth-order valence-electron chi connectivity index (χ4n) is 1.18. The fraction of sp³-hybridized carbons (Fsp3) is 0.462. The molecule has 1 heterocycles. The topological polar surface area (TPSA) is 112 Å². The van der Waals surface area contributed by atoms with E-state index in [0.717, 1.165) is 11.5 Å².